The largest absolute Gasteiger partial charge is 0.480 e. The Morgan fingerprint density at radius 3 is 2.52 bits per heavy atom. The number of carboxylic acids is 1. The standard InChI is InChI=1S/C20H21ClN2O7S/c1-11(2)18(19(24)25)23-31(27,28)13-4-5-14-15-9-12(22-20(26)29-8-7-21)3-6-16(15)30-17(14)10-13/h3-6,9-11,18,23H,7-8H2,1-2H3,(H,22,26)(H,24,25)/t18-/m0/s1. The monoisotopic (exact) mass is 468 g/mol. The summed E-state index contributed by atoms with van der Waals surface area (Å²) in [5.41, 5.74) is 1.26. The van der Waals surface area contributed by atoms with Crippen molar-refractivity contribution >= 4 is 61.3 Å². The number of aliphatic carboxylic acids is 1. The Morgan fingerprint density at radius 2 is 1.87 bits per heavy atom. The normalized spacial score (nSPS) is 12.9. The third kappa shape index (κ3) is 5.09. The quantitative estimate of drug-likeness (QED) is 0.428. The van der Waals surface area contributed by atoms with Crippen LogP contribution >= 0.6 is 11.6 Å². The van der Waals surface area contributed by atoms with Crippen LogP contribution in [0.25, 0.3) is 21.9 Å². The van der Waals surface area contributed by atoms with Gasteiger partial charge in [-0.15, -0.1) is 11.6 Å². The highest BCUT2D eigenvalue weighted by molar-refractivity contribution is 7.89. The van der Waals surface area contributed by atoms with Crippen molar-refractivity contribution in [3.8, 4) is 0 Å². The third-order valence-electron chi connectivity index (χ3n) is 4.52. The van der Waals surface area contributed by atoms with Gasteiger partial charge in [-0.05, 0) is 36.2 Å². The van der Waals surface area contributed by atoms with Crippen molar-refractivity contribution in [1.29, 1.82) is 0 Å². The molecule has 0 aliphatic carbocycles. The molecule has 3 N–H and O–H groups in total. The molecule has 1 aromatic heterocycles. The summed E-state index contributed by atoms with van der Waals surface area (Å²) in [5, 5.41) is 13.1. The Balaban J connectivity index is 1.93. The maximum Gasteiger partial charge on any atom is 0.411 e. The van der Waals surface area contributed by atoms with Gasteiger partial charge in [-0.2, -0.15) is 4.72 Å². The number of hydrogen-bond acceptors (Lipinski definition) is 6. The number of fused-ring (bicyclic) bond motifs is 3. The fraction of sp³-hybridized carbons (Fsp3) is 0.300. The minimum atomic E-state index is -4.09. The van der Waals surface area contributed by atoms with Crippen LogP contribution in [-0.2, 0) is 19.6 Å². The van der Waals surface area contributed by atoms with Gasteiger partial charge in [0.2, 0.25) is 10.0 Å². The molecule has 0 spiro atoms. The molecule has 9 nitrogen and oxygen atoms in total. The van der Waals surface area contributed by atoms with E-state index in [-0.39, 0.29) is 17.4 Å². The lowest BCUT2D eigenvalue weighted by atomic mass is 10.1. The second-order valence-electron chi connectivity index (χ2n) is 7.10. The molecule has 0 radical (unpaired) electrons. The molecule has 0 aliphatic heterocycles. The lowest BCUT2D eigenvalue weighted by molar-refractivity contribution is -0.140. The molecule has 3 rings (SSSR count). The smallest absolute Gasteiger partial charge is 0.411 e. The van der Waals surface area contributed by atoms with E-state index in [1.54, 1.807) is 38.1 Å². The number of halogens is 1. The predicted molar refractivity (Wildman–Crippen MR) is 116 cm³/mol. The Labute approximate surface area is 183 Å². The summed E-state index contributed by atoms with van der Waals surface area (Å²) in [6.45, 7) is 3.30. The van der Waals surface area contributed by atoms with Crippen LogP contribution in [0.4, 0.5) is 10.5 Å². The van der Waals surface area contributed by atoms with Crippen molar-refractivity contribution in [2.75, 3.05) is 17.8 Å². The van der Waals surface area contributed by atoms with Crippen molar-refractivity contribution in [2.24, 2.45) is 5.92 Å². The van der Waals surface area contributed by atoms with E-state index < -0.39 is 34.0 Å². The van der Waals surface area contributed by atoms with Gasteiger partial charge in [0, 0.05) is 22.5 Å². The summed E-state index contributed by atoms with van der Waals surface area (Å²) in [6.07, 6.45) is -0.648. The van der Waals surface area contributed by atoms with Crippen molar-refractivity contribution in [1.82, 2.24) is 4.72 Å². The van der Waals surface area contributed by atoms with Gasteiger partial charge in [0.05, 0.1) is 10.8 Å². The van der Waals surface area contributed by atoms with Crippen molar-refractivity contribution < 1.29 is 32.3 Å². The maximum absolute atomic E-state index is 12.7. The number of nitrogens with one attached hydrogen (secondary N) is 2. The first kappa shape index (κ1) is 22.9. The topological polar surface area (TPSA) is 135 Å². The molecule has 0 saturated heterocycles. The Kier molecular flexibility index (Phi) is 6.73. The Hall–Kier alpha value is -2.82. The molecular formula is C20H21ClN2O7S. The van der Waals surface area contributed by atoms with Gasteiger partial charge in [-0.3, -0.25) is 10.1 Å². The number of amides is 1. The highest BCUT2D eigenvalue weighted by atomic mass is 35.5. The molecule has 0 unspecified atom stereocenters. The summed E-state index contributed by atoms with van der Waals surface area (Å²) in [7, 11) is -4.09. The second-order valence-corrected chi connectivity index (χ2v) is 9.19. The van der Waals surface area contributed by atoms with Crippen LogP contribution < -0.4 is 10.0 Å². The number of hydrogen-bond donors (Lipinski definition) is 3. The molecule has 0 saturated carbocycles. The molecule has 0 aliphatic rings. The lowest BCUT2D eigenvalue weighted by Gasteiger charge is -2.17. The molecule has 1 atom stereocenters. The van der Waals surface area contributed by atoms with Gasteiger partial charge in [0.15, 0.2) is 0 Å². The van der Waals surface area contributed by atoms with Crippen LogP contribution in [0.5, 0.6) is 0 Å². The molecule has 1 amide bonds. The number of rotatable bonds is 8. The van der Waals surface area contributed by atoms with E-state index >= 15 is 0 Å². The van der Waals surface area contributed by atoms with Crippen LogP contribution in [0, 0.1) is 5.92 Å². The fourth-order valence-corrected chi connectivity index (χ4v) is 4.42. The number of ether oxygens (including phenoxy) is 1. The zero-order chi connectivity index (χ0) is 22.8. The van der Waals surface area contributed by atoms with Crippen molar-refractivity contribution in [3.63, 3.8) is 0 Å². The average Bonchev–Trinajstić information content (AvgIpc) is 3.07. The molecule has 1 heterocycles. The van der Waals surface area contributed by atoms with Crippen molar-refractivity contribution in [2.45, 2.75) is 24.8 Å². The number of carbonyl (C=O) groups is 2. The minimum absolute atomic E-state index is 0.0785. The van der Waals surface area contributed by atoms with E-state index in [9.17, 15) is 23.1 Å². The number of carbonyl (C=O) groups excluding carboxylic acids is 1. The molecule has 166 valence electrons. The van der Waals surface area contributed by atoms with Crippen LogP contribution in [0.3, 0.4) is 0 Å². The second kappa shape index (κ2) is 9.13. The summed E-state index contributed by atoms with van der Waals surface area (Å²) < 4.78 is 38.2. The number of sulfonamides is 1. The highest BCUT2D eigenvalue weighted by Crippen LogP contribution is 2.32. The number of furan rings is 1. The minimum Gasteiger partial charge on any atom is -0.480 e. The summed E-state index contributed by atoms with van der Waals surface area (Å²) in [5.74, 6) is -1.51. The highest BCUT2D eigenvalue weighted by Gasteiger charge is 2.28. The van der Waals surface area contributed by atoms with Crippen LogP contribution in [-0.4, -0.2) is 44.1 Å². The molecular weight excluding hydrogens is 448 g/mol. The van der Waals surface area contributed by atoms with E-state index in [0.717, 1.165) is 0 Å². The molecule has 31 heavy (non-hydrogen) atoms. The van der Waals surface area contributed by atoms with Crippen molar-refractivity contribution in [3.05, 3.63) is 36.4 Å². The van der Waals surface area contributed by atoms with Crippen LogP contribution in [0.1, 0.15) is 13.8 Å². The number of alkyl halides is 1. The molecule has 3 aromatic rings. The summed E-state index contributed by atoms with van der Waals surface area (Å²) in [6, 6.07) is 7.94. The van der Waals surface area contributed by atoms with Gasteiger partial charge < -0.3 is 14.3 Å². The first-order valence-electron chi connectivity index (χ1n) is 9.33. The van der Waals surface area contributed by atoms with Gasteiger partial charge in [0.25, 0.3) is 0 Å². The van der Waals surface area contributed by atoms with Gasteiger partial charge in [-0.1, -0.05) is 13.8 Å². The SMILES string of the molecule is CC(C)[C@H](NS(=O)(=O)c1ccc2c(c1)oc1ccc(NC(=O)OCCCl)cc12)C(=O)O. The van der Waals surface area contributed by atoms with Gasteiger partial charge >= 0.3 is 12.1 Å². The van der Waals surface area contributed by atoms with E-state index in [2.05, 4.69) is 10.0 Å². The predicted octanol–water partition coefficient (Wildman–Crippen LogP) is 3.76. The molecule has 11 heteroatoms. The third-order valence-corrected chi connectivity index (χ3v) is 6.12. The van der Waals surface area contributed by atoms with Crippen LogP contribution in [0.15, 0.2) is 45.7 Å². The maximum atomic E-state index is 12.7. The van der Waals surface area contributed by atoms with Gasteiger partial charge in [-0.25, -0.2) is 13.2 Å². The number of benzene rings is 2. The number of anilines is 1. The lowest BCUT2D eigenvalue weighted by Crippen LogP contribution is -2.44. The van der Waals surface area contributed by atoms with Crippen LogP contribution in [0.2, 0.25) is 0 Å². The van der Waals surface area contributed by atoms with Gasteiger partial charge in [0.1, 0.15) is 23.8 Å². The Morgan fingerprint density at radius 1 is 1.13 bits per heavy atom. The summed E-state index contributed by atoms with van der Waals surface area (Å²) in [4.78, 5) is 23.0. The molecule has 0 bridgehead atoms. The van der Waals surface area contributed by atoms with E-state index in [1.807, 2.05) is 0 Å². The first-order valence-corrected chi connectivity index (χ1v) is 11.4. The average molecular weight is 469 g/mol. The fourth-order valence-electron chi connectivity index (χ4n) is 2.99. The summed E-state index contributed by atoms with van der Waals surface area (Å²) >= 11 is 5.49. The zero-order valence-corrected chi connectivity index (χ0v) is 18.3. The first-order chi connectivity index (χ1) is 14.6. The van der Waals surface area contributed by atoms with E-state index in [0.29, 0.717) is 27.6 Å². The van der Waals surface area contributed by atoms with E-state index in [4.69, 9.17) is 20.8 Å². The van der Waals surface area contributed by atoms with E-state index in [1.165, 1.54) is 12.1 Å². The molecule has 2 aromatic carbocycles. The Bertz CT molecular complexity index is 1240. The zero-order valence-electron chi connectivity index (χ0n) is 16.7. The molecule has 0 fully saturated rings. The number of carboxylic acid groups (broad SMARTS) is 1.